The molecule has 0 saturated heterocycles. The zero-order valence-corrected chi connectivity index (χ0v) is 18.9. The maximum atomic E-state index is 12.8. The molecule has 0 spiro atoms. The van der Waals surface area contributed by atoms with Crippen molar-refractivity contribution in [3.63, 3.8) is 0 Å². The fraction of sp³-hybridized carbons (Fsp3) is 0.450. The third kappa shape index (κ3) is 10.2. The van der Waals surface area contributed by atoms with Crippen molar-refractivity contribution in [2.45, 2.75) is 37.4 Å². The number of carbonyl (C=O) groups is 5. The van der Waals surface area contributed by atoms with E-state index in [4.69, 9.17) is 11.5 Å². The molecule has 1 aromatic rings. The Bertz CT molecular complexity index is 850. The molecule has 0 fully saturated rings. The molecule has 9 N–H and O–H groups in total. The van der Waals surface area contributed by atoms with Gasteiger partial charge < -0.3 is 37.6 Å². The van der Waals surface area contributed by atoms with Crippen LogP contribution in [-0.4, -0.2) is 76.5 Å². The van der Waals surface area contributed by atoms with Gasteiger partial charge in [-0.05, 0) is 36.1 Å². The molecule has 0 bridgehead atoms. The van der Waals surface area contributed by atoms with Gasteiger partial charge in [0, 0.05) is 6.42 Å². The van der Waals surface area contributed by atoms with Crippen molar-refractivity contribution < 1.29 is 34.2 Å². The standard InChI is InChI=1S/C20H29N5O7S/c1-33-7-6-13(24-19(30)14(9-16(22)27)23-17(28)10-21)18(29)25-15(20(31)32)8-11-2-4-12(26)5-3-11/h2-5,13-15,26H,6-10,21H2,1H3,(H2,22,27)(H,23,28)(H,24,30)(H,25,29)(H,31,32). The van der Waals surface area contributed by atoms with Crippen LogP contribution in [0.5, 0.6) is 5.75 Å². The highest BCUT2D eigenvalue weighted by Crippen LogP contribution is 2.12. The molecule has 0 aliphatic heterocycles. The second-order valence-corrected chi connectivity index (χ2v) is 8.09. The number of rotatable bonds is 14. The molecule has 182 valence electrons. The van der Waals surface area contributed by atoms with Gasteiger partial charge in [0.15, 0.2) is 0 Å². The van der Waals surface area contributed by atoms with E-state index in [1.54, 1.807) is 6.26 Å². The first-order valence-corrected chi connectivity index (χ1v) is 11.3. The number of hydrogen-bond acceptors (Lipinski definition) is 8. The molecule has 0 aliphatic rings. The van der Waals surface area contributed by atoms with Gasteiger partial charge in [-0.1, -0.05) is 12.1 Å². The number of carboxylic acid groups (broad SMARTS) is 1. The number of thioether (sulfide) groups is 1. The highest BCUT2D eigenvalue weighted by Gasteiger charge is 2.30. The number of hydrogen-bond donors (Lipinski definition) is 7. The molecule has 12 nitrogen and oxygen atoms in total. The van der Waals surface area contributed by atoms with Crippen molar-refractivity contribution in [2.75, 3.05) is 18.6 Å². The Kier molecular flexibility index (Phi) is 11.7. The van der Waals surface area contributed by atoms with Crippen molar-refractivity contribution in [1.29, 1.82) is 0 Å². The van der Waals surface area contributed by atoms with Crippen molar-refractivity contribution in [1.82, 2.24) is 16.0 Å². The van der Waals surface area contributed by atoms with Crippen molar-refractivity contribution >= 4 is 41.4 Å². The number of nitrogens with one attached hydrogen (secondary N) is 3. The first-order valence-electron chi connectivity index (χ1n) is 9.95. The van der Waals surface area contributed by atoms with E-state index in [1.165, 1.54) is 36.0 Å². The van der Waals surface area contributed by atoms with Gasteiger partial charge in [0.1, 0.15) is 23.9 Å². The van der Waals surface area contributed by atoms with Gasteiger partial charge in [-0.15, -0.1) is 0 Å². The van der Waals surface area contributed by atoms with Gasteiger partial charge in [-0.2, -0.15) is 11.8 Å². The number of aromatic hydroxyl groups is 1. The zero-order chi connectivity index (χ0) is 25.0. The Morgan fingerprint density at radius 1 is 0.970 bits per heavy atom. The molecule has 0 aliphatic carbocycles. The van der Waals surface area contributed by atoms with Crippen molar-refractivity contribution in [3.8, 4) is 5.75 Å². The normalized spacial score (nSPS) is 13.3. The molecular formula is C20H29N5O7S. The SMILES string of the molecule is CSCCC(NC(=O)C(CC(N)=O)NC(=O)CN)C(=O)NC(Cc1ccc(O)cc1)C(=O)O. The predicted molar refractivity (Wildman–Crippen MR) is 121 cm³/mol. The second kappa shape index (κ2) is 14.0. The minimum atomic E-state index is -1.34. The smallest absolute Gasteiger partial charge is 0.326 e. The first kappa shape index (κ1) is 27.7. The molecule has 13 heteroatoms. The van der Waals surface area contributed by atoms with E-state index in [2.05, 4.69) is 16.0 Å². The Labute approximate surface area is 194 Å². The van der Waals surface area contributed by atoms with Crippen LogP contribution in [0.3, 0.4) is 0 Å². The van der Waals surface area contributed by atoms with Gasteiger partial charge in [-0.3, -0.25) is 19.2 Å². The molecule has 0 aromatic heterocycles. The average molecular weight is 484 g/mol. The fourth-order valence-corrected chi connectivity index (χ4v) is 3.25. The van der Waals surface area contributed by atoms with Gasteiger partial charge in [-0.25, -0.2) is 4.79 Å². The number of phenols is 1. The minimum absolute atomic E-state index is 0.0155. The number of benzene rings is 1. The first-order chi connectivity index (χ1) is 15.6. The number of carboxylic acids is 1. The highest BCUT2D eigenvalue weighted by molar-refractivity contribution is 7.98. The maximum Gasteiger partial charge on any atom is 0.326 e. The Hall–Kier alpha value is -3.32. The summed E-state index contributed by atoms with van der Waals surface area (Å²) in [5.41, 5.74) is 10.9. The largest absolute Gasteiger partial charge is 0.508 e. The Morgan fingerprint density at radius 2 is 1.55 bits per heavy atom. The van der Waals surface area contributed by atoms with E-state index in [9.17, 15) is 34.2 Å². The lowest BCUT2D eigenvalue weighted by Gasteiger charge is -2.24. The molecule has 1 rings (SSSR count). The monoisotopic (exact) mass is 483 g/mol. The molecule has 33 heavy (non-hydrogen) atoms. The lowest BCUT2D eigenvalue weighted by atomic mass is 10.0. The summed E-state index contributed by atoms with van der Waals surface area (Å²) in [4.78, 5) is 60.0. The summed E-state index contributed by atoms with van der Waals surface area (Å²) in [6.45, 7) is -0.420. The van der Waals surface area contributed by atoms with E-state index >= 15 is 0 Å². The number of primary amides is 1. The van der Waals surface area contributed by atoms with E-state index in [0.29, 0.717) is 11.3 Å². The third-order valence-electron chi connectivity index (χ3n) is 4.48. The summed E-state index contributed by atoms with van der Waals surface area (Å²) in [7, 11) is 0. The van der Waals surface area contributed by atoms with Crippen LogP contribution in [0.4, 0.5) is 0 Å². The minimum Gasteiger partial charge on any atom is -0.508 e. The van der Waals surface area contributed by atoms with Gasteiger partial charge in [0.05, 0.1) is 13.0 Å². The molecule has 4 amide bonds. The van der Waals surface area contributed by atoms with Gasteiger partial charge in [0.2, 0.25) is 23.6 Å². The van der Waals surface area contributed by atoms with Crippen molar-refractivity contribution in [2.24, 2.45) is 11.5 Å². The van der Waals surface area contributed by atoms with E-state index in [1.807, 2.05) is 0 Å². The quantitative estimate of drug-likeness (QED) is 0.156. The molecule has 0 heterocycles. The molecule has 3 unspecified atom stereocenters. The van der Waals surface area contributed by atoms with E-state index in [-0.39, 0.29) is 18.6 Å². The fourth-order valence-electron chi connectivity index (χ4n) is 2.78. The van der Waals surface area contributed by atoms with Gasteiger partial charge >= 0.3 is 5.97 Å². The lowest BCUT2D eigenvalue weighted by Crippen LogP contribution is -2.57. The van der Waals surface area contributed by atoms with Crippen LogP contribution in [-0.2, 0) is 30.4 Å². The Balaban J connectivity index is 2.96. The molecule has 0 radical (unpaired) electrons. The topological polar surface area (TPSA) is 214 Å². The number of nitrogens with two attached hydrogens (primary N) is 2. The molecule has 1 aromatic carbocycles. The van der Waals surface area contributed by atoms with Crippen LogP contribution in [0.2, 0.25) is 0 Å². The summed E-state index contributed by atoms with van der Waals surface area (Å²) >= 11 is 1.41. The third-order valence-corrected chi connectivity index (χ3v) is 5.12. The maximum absolute atomic E-state index is 12.8. The number of carbonyl (C=O) groups excluding carboxylic acids is 4. The summed E-state index contributed by atoms with van der Waals surface area (Å²) in [6.07, 6.45) is 1.39. The summed E-state index contributed by atoms with van der Waals surface area (Å²) in [6, 6.07) is 2.08. The summed E-state index contributed by atoms with van der Waals surface area (Å²) in [5.74, 6) is -3.92. The summed E-state index contributed by atoms with van der Waals surface area (Å²) in [5, 5.41) is 26.0. The molecule has 0 saturated carbocycles. The van der Waals surface area contributed by atoms with Crippen LogP contribution in [0.25, 0.3) is 0 Å². The van der Waals surface area contributed by atoms with Crippen LogP contribution < -0.4 is 27.4 Å². The van der Waals surface area contributed by atoms with Crippen LogP contribution in [0.1, 0.15) is 18.4 Å². The highest BCUT2D eigenvalue weighted by atomic mass is 32.2. The van der Waals surface area contributed by atoms with Crippen molar-refractivity contribution in [3.05, 3.63) is 29.8 Å². The lowest BCUT2D eigenvalue weighted by molar-refractivity contribution is -0.142. The number of amides is 4. The van der Waals surface area contributed by atoms with Crippen LogP contribution in [0.15, 0.2) is 24.3 Å². The van der Waals surface area contributed by atoms with Crippen LogP contribution >= 0.6 is 11.8 Å². The van der Waals surface area contributed by atoms with Gasteiger partial charge in [0.25, 0.3) is 0 Å². The molecule has 3 atom stereocenters. The molecular weight excluding hydrogens is 454 g/mol. The summed E-state index contributed by atoms with van der Waals surface area (Å²) < 4.78 is 0. The van der Waals surface area contributed by atoms with Crippen LogP contribution in [0, 0.1) is 0 Å². The zero-order valence-electron chi connectivity index (χ0n) is 18.1. The predicted octanol–water partition coefficient (Wildman–Crippen LogP) is -1.94. The van der Waals surface area contributed by atoms with E-state index in [0.717, 1.165) is 0 Å². The second-order valence-electron chi connectivity index (χ2n) is 7.11. The average Bonchev–Trinajstić information content (AvgIpc) is 2.76. The van der Waals surface area contributed by atoms with E-state index < -0.39 is 60.7 Å². The number of aliphatic carboxylic acids is 1. The Morgan fingerprint density at radius 3 is 2.06 bits per heavy atom. The number of phenolic OH excluding ortho intramolecular Hbond substituents is 1.